The maximum atomic E-state index is 13.9. The topological polar surface area (TPSA) is 59.0 Å². The summed E-state index contributed by atoms with van der Waals surface area (Å²) in [6.07, 6.45) is 0. The minimum Gasteiger partial charge on any atom is -0.451 e. The van der Waals surface area contributed by atoms with E-state index in [4.69, 9.17) is 27.7 Å². The van der Waals surface area contributed by atoms with Crippen LogP contribution in [0.15, 0.2) is 124 Å². The molecule has 1 atom stereocenters. The van der Waals surface area contributed by atoms with Gasteiger partial charge in [-0.1, -0.05) is 79.5 Å². The second-order valence-electron chi connectivity index (χ2n) is 9.73. The van der Waals surface area contributed by atoms with E-state index < -0.39 is 22.7 Å². The van der Waals surface area contributed by atoms with E-state index in [-0.39, 0.29) is 4.90 Å². The maximum absolute atomic E-state index is 13.9. The summed E-state index contributed by atoms with van der Waals surface area (Å²) in [7, 11) is -5.65. The van der Waals surface area contributed by atoms with Crippen LogP contribution in [0, 0.1) is 0 Å². The van der Waals surface area contributed by atoms with E-state index in [1.54, 1.807) is 24.3 Å². The van der Waals surface area contributed by atoms with E-state index in [9.17, 15) is 8.42 Å². The number of nitrogens with zero attached hydrogens (tertiary/aromatic N) is 2. The lowest BCUT2D eigenvalue weighted by Crippen LogP contribution is -2.24. The molecule has 4 aromatic carbocycles. The summed E-state index contributed by atoms with van der Waals surface area (Å²) >= 11 is 12.4. The summed E-state index contributed by atoms with van der Waals surface area (Å²) < 4.78 is 39.1. The molecule has 0 spiro atoms. The van der Waals surface area contributed by atoms with Gasteiger partial charge in [0.25, 0.3) is 10.0 Å². The van der Waals surface area contributed by atoms with Crippen LogP contribution in [0.5, 0.6) is 5.75 Å². The molecule has 39 heavy (non-hydrogen) atoms. The molecule has 1 heterocycles. The van der Waals surface area contributed by atoms with Crippen molar-refractivity contribution in [2.24, 2.45) is 4.15 Å². The Balaban J connectivity index is 1.84. The zero-order valence-electron chi connectivity index (χ0n) is 21.6. The lowest BCUT2D eigenvalue weighted by molar-refractivity contribution is 0.593. The van der Waals surface area contributed by atoms with Gasteiger partial charge in [0.15, 0.2) is 0 Å². The van der Waals surface area contributed by atoms with E-state index in [2.05, 4.69) is 35.0 Å². The lowest BCUT2D eigenvalue weighted by Gasteiger charge is -2.29. The Kier molecular flexibility index (Phi) is 7.43. The van der Waals surface area contributed by atoms with Crippen molar-refractivity contribution in [2.75, 3.05) is 11.9 Å². The summed E-state index contributed by atoms with van der Waals surface area (Å²) in [6.45, 7) is 4.24. The summed E-state index contributed by atoms with van der Waals surface area (Å²) in [5, 5.41) is 1.55. The average Bonchev–Trinajstić information content (AvgIpc) is 3.10. The SMILES string of the molecule is CN1C(=CP(=NS(=O)(=O)c2ccc(Cl)cc2)(Oc2cccc(Cl)c2)c2ccccc2)C(C)(C)c2ccccc21. The number of rotatable bonds is 6. The lowest BCUT2D eigenvalue weighted by atomic mass is 9.84. The zero-order valence-corrected chi connectivity index (χ0v) is 24.8. The van der Waals surface area contributed by atoms with Crippen LogP contribution in [-0.2, 0) is 15.4 Å². The number of para-hydroxylation sites is 1. The molecule has 200 valence electrons. The molecule has 0 saturated carbocycles. The van der Waals surface area contributed by atoms with Crippen LogP contribution in [0.2, 0.25) is 10.0 Å². The average molecular weight is 598 g/mol. The van der Waals surface area contributed by atoms with Crippen molar-refractivity contribution in [3.63, 3.8) is 0 Å². The van der Waals surface area contributed by atoms with Gasteiger partial charge in [-0.3, -0.25) is 0 Å². The number of benzene rings is 4. The van der Waals surface area contributed by atoms with Crippen LogP contribution < -0.4 is 14.7 Å². The van der Waals surface area contributed by atoms with Gasteiger partial charge in [0.05, 0.1) is 4.90 Å². The quantitative estimate of drug-likeness (QED) is 0.209. The van der Waals surface area contributed by atoms with Crippen LogP contribution in [0.25, 0.3) is 0 Å². The zero-order chi connectivity index (χ0) is 27.8. The molecule has 0 radical (unpaired) electrons. The van der Waals surface area contributed by atoms with Gasteiger partial charge in [0.1, 0.15) is 5.75 Å². The van der Waals surface area contributed by atoms with Crippen molar-refractivity contribution in [1.29, 1.82) is 0 Å². The van der Waals surface area contributed by atoms with Gasteiger partial charge in [-0.05, 0) is 66.2 Å². The third-order valence-electron chi connectivity index (χ3n) is 6.74. The largest absolute Gasteiger partial charge is 0.451 e. The third kappa shape index (κ3) is 5.39. The molecule has 0 aromatic heterocycles. The fourth-order valence-corrected chi connectivity index (χ4v) is 10.1. The number of allylic oxidation sites excluding steroid dienone is 1. The van der Waals surface area contributed by atoms with Crippen LogP contribution >= 0.6 is 30.5 Å². The van der Waals surface area contributed by atoms with Crippen molar-refractivity contribution >= 4 is 51.5 Å². The summed E-state index contributed by atoms with van der Waals surface area (Å²) in [6, 6.07) is 30.3. The Labute approximate surface area is 239 Å². The van der Waals surface area contributed by atoms with Gasteiger partial charge >= 0.3 is 0 Å². The normalized spacial score (nSPS) is 16.9. The highest BCUT2D eigenvalue weighted by molar-refractivity contribution is 7.95. The van der Waals surface area contributed by atoms with E-state index in [0.717, 1.165) is 16.9 Å². The second kappa shape index (κ2) is 10.5. The smallest absolute Gasteiger partial charge is 0.284 e. The molecule has 4 aromatic rings. The predicted octanol–water partition coefficient (Wildman–Crippen LogP) is 8.47. The molecule has 0 fully saturated rings. The molecule has 0 aliphatic carbocycles. The third-order valence-corrected chi connectivity index (χ3v) is 12.1. The number of hydrogen-bond donors (Lipinski definition) is 0. The number of likely N-dealkylation sites (N-methyl/N-ethyl adjacent to an activating group) is 1. The van der Waals surface area contributed by atoms with Gasteiger partial charge in [0.2, 0.25) is 7.28 Å². The highest BCUT2D eigenvalue weighted by Crippen LogP contribution is 2.58. The van der Waals surface area contributed by atoms with Crippen molar-refractivity contribution in [2.45, 2.75) is 24.2 Å². The Bertz CT molecular complexity index is 1720. The van der Waals surface area contributed by atoms with Crippen molar-refractivity contribution < 1.29 is 12.9 Å². The van der Waals surface area contributed by atoms with Crippen LogP contribution in [-0.4, -0.2) is 15.5 Å². The molecule has 0 bridgehead atoms. The molecule has 9 heteroatoms. The van der Waals surface area contributed by atoms with Gasteiger partial charge in [-0.15, -0.1) is 4.15 Å². The van der Waals surface area contributed by atoms with E-state index in [1.807, 2.05) is 55.3 Å². The molecule has 5 rings (SSSR count). The number of sulfonamides is 1. The number of fused-ring (bicyclic) bond motifs is 1. The summed E-state index contributed by atoms with van der Waals surface area (Å²) in [4.78, 5) is 2.11. The molecule has 5 nitrogen and oxygen atoms in total. The van der Waals surface area contributed by atoms with Crippen LogP contribution in [0.3, 0.4) is 0 Å². The highest BCUT2D eigenvalue weighted by atomic mass is 35.5. The van der Waals surface area contributed by atoms with Crippen LogP contribution in [0.1, 0.15) is 19.4 Å². The molecular formula is C30H27Cl2N2O3PS. The number of anilines is 1. The fraction of sp³-hybridized carbons (Fsp3) is 0.133. The Morgan fingerprint density at radius 3 is 2.18 bits per heavy atom. The van der Waals surface area contributed by atoms with Gasteiger partial charge in [0, 0.05) is 45.0 Å². The standard InChI is InChI=1S/C30H27Cl2N2O3PS/c1-30(2)27-14-7-8-15-28(27)34(3)29(30)21-38(25-12-5-4-6-13-25,37-24-11-9-10-23(32)20-24)33-39(35,36)26-18-16-22(31)17-19-26/h4-21H,1-3H3. The van der Waals surface area contributed by atoms with E-state index >= 15 is 0 Å². The number of halogens is 2. The molecule has 1 aliphatic rings. The Morgan fingerprint density at radius 2 is 1.51 bits per heavy atom. The molecule has 1 aliphatic heterocycles. The molecule has 0 N–H and O–H groups in total. The Hall–Kier alpha value is -3.02. The second-order valence-corrected chi connectivity index (χ2v) is 14.9. The molecule has 0 saturated heterocycles. The summed E-state index contributed by atoms with van der Waals surface area (Å²) in [5.74, 6) is 2.33. The number of hydrogen-bond acceptors (Lipinski definition) is 4. The first-order valence-electron chi connectivity index (χ1n) is 12.2. The van der Waals surface area contributed by atoms with Gasteiger partial charge in [-0.25, -0.2) is 0 Å². The van der Waals surface area contributed by atoms with Crippen molar-refractivity contribution in [3.05, 3.63) is 130 Å². The molecule has 1 unspecified atom stereocenters. The van der Waals surface area contributed by atoms with Crippen LogP contribution in [0.4, 0.5) is 5.69 Å². The van der Waals surface area contributed by atoms with E-state index in [1.165, 1.54) is 24.3 Å². The van der Waals surface area contributed by atoms with Gasteiger partial charge < -0.3 is 9.42 Å². The highest BCUT2D eigenvalue weighted by Gasteiger charge is 2.41. The fourth-order valence-electron chi connectivity index (χ4n) is 4.78. The first-order valence-corrected chi connectivity index (χ1v) is 16.2. The molecule has 0 amide bonds. The first-order chi connectivity index (χ1) is 18.5. The maximum Gasteiger partial charge on any atom is 0.284 e. The van der Waals surface area contributed by atoms with Crippen molar-refractivity contribution in [3.8, 4) is 5.75 Å². The molecular weight excluding hydrogens is 570 g/mol. The van der Waals surface area contributed by atoms with Gasteiger partial charge in [-0.2, -0.15) is 8.42 Å². The minimum absolute atomic E-state index is 0.0302. The van der Waals surface area contributed by atoms with E-state index in [0.29, 0.717) is 21.1 Å². The monoisotopic (exact) mass is 596 g/mol. The van der Waals surface area contributed by atoms with Crippen molar-refractivity contribution in [1.82, 2.24) is 0 Å². The Morgan fingerprint density at radius 1 is 0.846 bits per heavy atom. The summed E-state index contributed by atoms with van der Waals surface area (Å²) in [5.41, 5.74) is 2.62. The predicted molar refractivity (Wildman–Crippen MR) is 162 cm³/mol. The minimum atomic E-state index is -4.18. The first kappa shape index (κ1) is 27.5.